The van der Waals surface area contributed by atoms with E-state index in [9.17, 15) is 0 Å². The smallest absolute Gasteiger partial charge is 0.215 e. The van der Waals surface area contributed by atoms with Gasteiger partial charge in [-0.2, -0.15) is 5.10 Å². The van der Waals surface area contributed by atoms with E-state index < -0.39 is 6.29 Å². The second-order valence-corrected chi connectivity index (χ2v) is 2.35. The molecule has 0 unspecified atom stereocenters. The van der Waals surface area contributed by atoms with Gasteiger partial charge in [-0.25, -0.2) is 5.10 Å². The van der Waals surface area contributed by atoms with Gasteiger partial charge in [-0.3, -0.25) is 0 Å². The lowest BCUT2D eigenvalue weighted by Crippen LogP contribution is -2.31. The van der Waals surface area contributed by atoms with Gasteiger partial charge in [0.25, 0.3) is 0 Å². The number of aromatic nitrogens is 2. The molecule has 2 heterocycles. The Bertz CT molecular complexity index is 254. The number of aromatic amines is 1. The highest BCUT2D eigenvalue weighted by atomic mass is 16.9. The first-order valence-corrected chi connectivity index (χ1v) is 3.30. The van der Waals surface area contributed by atoms with Crippen LogP contribution in [-0.2, 0) is 9.47 Å². The second kappa shape index (κ2) is 2.21. The molecular weight excluding hydrogens is 148 g/mol. The molecule has 0 saturated carbocycles. The van der Waals surface area contributed by atoms with Crippen molar-refractivity contribution in [2.45, 2.75) is 19.5 Å². The van der Waals surface area contributed by atoms with Crippen LogP contribution >= 0.6 is 0 Å². The monoisotopic (exact) mass is 156 g/mol. The zero-order valence-corrected chi connectivity index (χ0v) is 5.94. The van der Waals surface area contributed by atoms with Gasteiger partial charge in [0.15, 0.2) is 12.6 Å². The van der Waals surface area contributed by atoms with Crippen molar-refractivity contribution in [1.29, 1.82) is 0 Å². The lowest BCUT2D eigenvalue weighted by molar-refractivity contribution is -0.382. The first-order chi connectivity index (χ1) is 5.27. The number of nitrogens with zero attached hydrogens (tertiary/aromatic N) is 1. The lowest BCUT2D eigenvalue weighted by atomic mass is 10.3. The Balaban J connectivity index is 2.12. The third-order valence-electron chi connectivity index (χ3n) is 1.53. The van der Waals surface area contributed by atoms with Gasteiger partial charge >= 0.3 is 0 Å². The molecule has 1 aliphatic rings. The van der Waals surface area contributed by atoms with Crippen molar-refractivity contribution in [1.82, 2.24) is 10.2 Å². The normalized spacial score (nSPS) is 29.9. The van der Waals surface area contributed by atoms with E-state index in [0.717, 1.165) is 0 Å². The Morgan fingerprint density at radius 1 is 1.64 bits per heavy atom. The van der Waals surface area contributed by atoms with Crippen molar-refractivity contribution in [2.75, 3.05) is 0 Å². The summed E-state index contributed by atoms with van der Waals surface area (Å²) >= 11 is 0. The molecule has 2 rings (SSSR count). The SMILES string of the molecule is CC1OC(c2cn[nH]c2O)O1. The zero-order chi connectivity index (χ0) is 7.84. The summed E-state index contributed by atoms with van der Waals surface area (Å²) in [5, 5.41) is 15.1. The van der Waals surface area contributed by atoms with Crippen molar-refractivity contribution < 1.29 is 14.6 Å². The molecule has 1 aliphatic heterocycles. The molecule has 0 bridgehead atoms. The van der Waals surface area contributed by atoms with Crippen LogP contribution in [0.3, 0.4) is 0 Å². The van der Waals surface area contributed by atoms with Crippen molar-refractivity contribution in [3.63, 3.8) is 0 Å². The Morgan fingerprint density at radius 3 is 2.82 bits per heavy atom. The van der Waals surface area contributed by atoms with Crippen LogP contribution in [0.25, 0.3) is 0 Å². The van der Waals surface area contributed by atoms with Gasteiger partial charge in [0.2, 0.25) is 5.88 Å². The molecule has 1 aromatic rings. The summed E-state index contributed by atoms with van der Waals surface area (Å²) < 4.78 is 10.2. The van der Waals surface area contributed by atoms with Crippen molar-refractivity contribution in [3.05, 3.63) is 11.8 Å². The summed E-state index contributed by atoms with van der Waals surface area (Å²) in [5.74, 6) is 0.00176. The summed E-state index contributed by atoms with van der Waals surface area (Å²) in [6, 6.07) is 0. The lowest BCUT2D eigenvalue weighted by Gasteiger charge is -2.32. The van der Waals surface area contributed by atoms with Crippen LogP contribution in [0.4, 0.5) is 0 Å². The van der Waals surface area contributed by atoms with Gasteiger partial charge in [-0.1, -0.05) is 0 Å². The van der Waals surface area contributed by atoms with Gasteiger partial charge in [0, 0.05) is 0 Å². The van der Waals surface area contributed by atoms with Gasteiger partial charge in [0.05, 0.1) is 11.8 Å². The van der Waals surface area contributed by atoms with E-state index in [1.165, 1.54) is 6.20 Å². The molecule has 60 valence electrons. The fourth-order valence-electron chi connectivity index (χ4n) is 0.966. The number of hydrogen-bond donors (Lipinski definition) is 2. The van der Waals surface area contributed by atoms with Crippen LogP contribution in [0.2, 0.25) is 0 Å². The summed E-state index contributed by atoms with van der Waals surface area (Å²) in [6.45, 7) is 1.79. The predicted octanol–water partition coefficient (Wildman–Crippen LogP) is 0.507. The van der Waals surface area contributed by atoms with Gasteiger partial charge in [-0.15, -0.1) is 0 Å². The van der Waals surface area contributed by atoms with Crippen LogP contribution in [0.5, 0.6) is 5.88 Å². The van der Waals surface area contributed by atoms with Gasteiger partial charge in [-0.05, 0) is 6.92 Å². The van der Waals surface area contributed by atoms with Gasteiger partial charge < -0.3 is 14.6 Å². The fraction of sp³-hybridized carbons (Fsp3) is 0.500. The number of ether oxygens (including phenoxy) is 2. The van der Waals surface area contributed by atoms with Crippen LogP contribution < -0.4 is 0 Å². The molecule has 0 aromatic carbocycles. The maximum atomic E-state index is 9.09. The Hall–Kier alpha value is -1.07. The Morgan fingerprint density at radius 2 is 2.36 bits per heavy atom. The molecule has 5 heteroatoms. The van der Waals surface area contributed by atoms with Crippen LogP contribution in [0.1, 0.15) is 18.8 Å². The quantitative estimate of drug-likeness (QED) is 0.621. The molecule has 1 fully saturated rings. The molecule has 1 saturated heterocycles. The minimum Gasteiger partial charge on any atom is -0.493 e. The average molecular weight is 156 g/mol. The number of H-pyrrole nitrogens is 1. The molecule has 1 aromatic heterocycles. The minimum atomic E-state index is -0.455. The number of hydrogen-bond acceptors (Lipinski definition) is 4. The van der Waals surface area contributed by atoms with E-state index in [1.807, 2.05) is 0 Å². The first-order valence-electron chi connectivity index (χ1n) is 3.30. The van der Waals surface area contributed by atoms with Gasteiger partial charge in [0.1, 0.15) is 0 Å². The second-order valence-electron chi connectivity index (χ2n) is 2.35. The Kier molecular flexibility index (Phi) is 1.33. The zero-order valence-electron chi connectivity index (χ0n) is 5.94. The van der Waals surface area contributed by atoms with Crippen LogP contribution in [0, 0.1) is 0 Å². The highest BCUT2D eigenvalue weighted by molar-refractivity contribution is 5.22. The molecule has 5 nitrogen and oxygen atoms in total. The number of aromatic hydroxyl groups is 1. The molecule has 11 heavy (non-hydrogen) atoms. The summed E-state index contributed by atoms with van der Waals surface area (Å²) in [6.07, 6.45) is 0.837. The summed E-state index contributed by atoms with van der Waals surface area (Å²) in [7, 11) is 0. The van der Waals surface area contributed by atoms with E-state index in [0.29, 0.717) is 5.56 Å². The molecular formula is C6H8N2O3. The third kappa shape index (κ3) is 0.979. The molecule has 0 atom stereocenters. The van der Waals surface area contributed by atoms with E-state index >= 15 is 0 Å². The van der Waals surface area contributed by atoms with Crippen molar-refractivity contribution in [2.24, 2.45) is 0 Å². The highest BCUT2D eigenvalue weighted by Crippen LogP contribution is 2.34. The minimum absolute atomic E-state index is 0.00176. The molecule has 0 spiro atoms. The van der Waals surface area contributed by atoms with E-state index in [-0.39, 0.29) is 12.2 Å². The van der Waals surface area contributed by atoms with Crippen LogP contribution in [0.15, 0.2) is 6.20 Å². The largest absolute Gasteiger partial charge is 0.493 e. The summed E-state index contributed by atoms with van der Waals surface area (Å²) in [4.78, 5) is 0. The maximum Gasteiger partial charge on any atom is 0.215 e. The highest BCUT2D eigenvalue weighted by Gasteiger charge is 2.31. The Labute approximate surface area is 62.9 Å². The maximum absolute atomic E-state index is 9.09. The van der Waals surface area contributed by atoms with E-state index in [1.54, 1.807) is 6.92 Å². The molecule has 0 aliphatic carbocycles. The average Bonchev–Trinajstić information content (AvgIpc) is 2.29. The number of nitrogens with one attached hydrogen (secondary N) is 1. The summed E-state index contributed by atoms with van der Waals surface area (Å²) in [5.41, 5.74) is 0.545. The topological polar surface area (TPSA) is 67.4 Å². The van der Waals surface area contributed by atoms with E-state index in [2.05, 4.69) is 10.2 Å². The third-order valence-corrected chi connectivity index (χ3v) is 1.53. The molecule has 0 radical (unpaired) electrons. The van der Waals surface area contributed by atoms with E-state index in [4.69, 9.17) is 14.6 Å². The van der Waals surface area contributed by atoms with Crippen LogP contribution in [-0.4, -0.2) is 21.6 Å². The fourth-order valence-corrected chi connectivity index (χ4v) is 0.966. The first kappa shape index (κ1) is 6.63. The molecule has 2 N–H and O–H groups in total. The van der Waals surface area contributed by atoms with Crippen molar-refractivity contribution >= 4 is 0 Å². The standard InChI is InChI=1S/C6H8N2O3/c1-3-10-6(11-3)4-2-7-8-5(4)9/h2-3,6H,1H3,(H2,7,8,9). The van der Waals surface area contributed by atoms with Crippen molar-refractivity contribution in [3.8, 4) is 5.88 Å². The number of rotatable bonds is 1. The molecule has 0 amide bonds. The predicted molar refractivity (Wildman–Crippen MR) is 34.6 cm³/mol.